The van der Waals surface area contributed by atoms with Crippen LogP contribution in [0.15, 0.2) is 34.1 Å². The summed E-state index contributed by atoms with van der Waals surface area (Å²) < 4.78 is 2.66. The Hall–Kier alpha value is -2.70. The Labute approximate surface area is 113 Å². The van der Waals surface area contributed by atoms with Gasteiger partial charge in [-0.05, 0) is 19.1 Å². The fraction of sp³-hybridized carbons (Fsp3) is 0.231. The first-order valence-electron chi connectivity index (χ1n) is 6.23. The summed E-state index contributed by atoms with van der Waals surface area (Å²) in [6.07, 6.45) is 3.30. The quantitative estimate of drug-likeness (QED) is 0.735. The van der Waals surface area contributed by atoms with Crippen LogP contribution in [0.1, 0.15) is 6.92 Å². The Morgan fingerprint density at radius 3 is 2.80 bits per heavy atom. The van der Waals surface area contributed by atoms with E-state index in [0.29, 0.717) is 23.3 Å². The molecule has 7 heteroatoms. The Morgan fingerprint density at radius 1 is 1.35 bits per heavy atom. The molecule has 0 spiro atoms. The molecule has 3 aromatic heterocycles. The fourth-order valence-electron chi connectivity index (χ4n) is 2.17. The Bertz CT molecular complexity index is 889. The fourth-order valence-corrected chi connectivity index (χ4v) is 2.17. The van der Waals surface area contributed by atoms with Gasteiger partial charge in [0.2, 0.25) is 0 Å². The minimum Gasteiger partial charge on any atom is -0.291 e. The highest BCUT2D eigenvalue weighted by atomic mass is 16.2. The predicted molar refractivity (Wildman–Crippen MR) is 74.5 cm³/mol. The van der Waals surface area contributed by atoms with Gasteiger partial charge >= 0.3 is 5.69 Å². The van der Waals surface area contributed by atoms with E-state index in [2.05, 4.69) is 15.1 Å². The van der Waals surface area contributed by atoms with Crippen molar-refractivity contribution < 1.29 is 0 Å². The summed E-state index contributed by atoms with van der Waals surface area (Å²) in [6, 6.07) is 3.61. The molecule has 0 radical (unpaired) electrons. The molecule has 0 aliphatic heterocycles. The lowest BCUT2D eigenvalue weighted by atomic mass is 10.1. The number of H-pyrrole nitrogens is 1. The van der Waals surface area contributed by atoms with E-state index in [4.69, 9.17) is 0 Å². The van der Waals surface area contributed by atoms with Crippen LogP contribution in [-0.2, 0) is 13.6 Å². The van der Waals surface area contributed by atoms with Gasteiger partial charge in [-0.1, -0.05) is 0 Å². The lowest BCUT2D eigenvalue weighted by Crippen LogP contribution is -2.32. The Morgan fingerprint density at radius 2 is 2.15 bits per heavy atom. The minimum atomic E-state index is -0.449. The number of hydrogen-bond donors (Lipinski definition) is 1. The Kier molecular flexibility index (Phi) is 2.74. The number of pyridine rings is 1. The van der Waals surface area contributed by atoms with Gasteiger partial charge in [0.1, 0.15) is 16.7 Å². The minimum absolute atomic E-state index is 0.359. The van der Waals surface area contributed by atoms with Gasteiger partial charge in [-0.3, -0.25) is 19.3 Å². The molecular formula is C13H13N5O2. The molecular weight excluding hydrogens is 258 g/mol. The van der Waals surface area contributed by atoms with Gasteiger partial charge in [0, 0.05) is 31.5 Å². The number of hydrogen-bond acceptors (Lipinski definition) is 4. The highest BCUT2D eigenvalue weighted by Gasteiger charge is 2.17. The molecule has 0 unspecified atom stereocenters. The molecule has 0 aliphatic carbocycles. The van der Waals surface area contributed by atoms with Gasteiger partial charge in [0.25, 0.3) is 5.56 Å². The van der Waals surface area contributed by atoms with Crippen LogP contribution in [0.2, 0.25) is 0 Å². The summed E-state index contributed by atoms with van der Waals surface area (Å²) in [6.45, 7) is 2.45. The zero-order chi connectivity index (χ0) is 14.3. The molecule has 7 nitrogen and oxygen atoms in total. The molecule has 0 aliphatic rings. The molecule has 0 saturated heterocycles. The van der Waals surface area contributed by atoms with E-state index in [1.807, 2.05) is 13.0 Å². The number of aryl methyl sites for hydroxylation is 1. The first-order chi connectivity index (χ1) is 9.63. The highest BCUT2D eigenvalue weighted by molar-refractivity contribution is 5.90. The van der Waals surface area contributed by atoms with Gasteiger partial charge in [-0.15, -0.1) is 0 Å². The molecule has 0 aromatic carbocycles. The normalized spacial score (nSPS) is 11.1. The molecule has 1 N–H and O–H groups in total. The smallest absolute Gasteiger partial charge is 0.291 e. The predicted octanol–water partition coefficient (Wildman–Crippen LogP) is 0.505. The van der Waals surface area contributed by atoms with Crippen LogP contribution < -0.4 is 11.2 Å². The van der Waals surface area contributed by atoms with Crippen molar-refractivity contribution in [3.05, 3.63) is 45.4 Å². The topological polar surface area (TPSA) is 85.6 Å². The van der Waals surface area contributed by atoms with E-state index in [1.54, 1.807) is 23.1 Å². The molecule has 0 atom stereocenters. The average molecular weight is 271 g/mol. The number of rotatable bonds is 2. The first kappa shape index (κ1) is 12.3. The molecule has 20 heavy (non-hydrogen) atoms. The first-order valence-corrected chi connectivity index (χ1v) is 6.23. The number of aromatic amines is 1. The second kappa shape index (κ2) is 4.44. The third-order valence-electron chi connectivity index (χ3n) is 3.24. The van der Waals surface area contributed by atoms with E-state index in [9.17, 15) is 9.59 Å². The molecule has 0 fully saturated rings. The monoisotopic (exact) mass is 271 g/mol. The summed E-state index contributed by atoms with van der Waals surface area (Å²) in [5.41, 5.74) is 0.914. The van der Waals surface area contributed by atoms with E-state index in [-0.39, 0.29) is 5.56 Å². The third kappa shape index (κ3) is 1.67. The van der Waals surface area contributed by atoms with Gasteiger partial charge in [0.15, 0.2) is 0 Å². The van der Waals surface area contributed by atoms with Crippen molar-refractivity contribution in [1.82, 2.24) is 24.3 Å². The standard InChI is InChI=1S/C13H13N5O2/c1-3-18-11-9(12(19)17(2)13(20)15-11)10(16-18)8-5-4-6-14-7-8/h4-7H,3H2,1-2H3,(H,15,20). The average Bonchev–Trinajstić information content (AvgIpc) is 2.84. The number of aromatic nitrogens is 5. The van der Waals surface area contributed by atoms with Crippen LogP contribution in [0.3, 0.4) is 0 Å². The molecule has 0 amide bonds. The molecule has 102 valence electrons. The third-order valence-corrected chi connectivity index (χ3v) is 3.24. The van der Waals surface area contributed by atoms with E-state index >= 15 is 0 Å². The molecule has 3 rings (SSSR count). The van der Waals surface area contributed by atoms with Crippen LogP contribution >= 0.6 is 0 Å². The van der Waals surface area contributed by atoms with E-state index in [0.717, 1.165) is 10.1 Å². The van der Waals surface area contributed by atoms with Crippen molar-refractivity contribution in [3.63, 3.8) is 0 Å². The summed E-state index contributed by atoms with van der Waals surface area (Å²) in [7, 11) is 1.44. The van der Waals surface area contributed by atoms with Crippen LogP contribution in [0.5, 0.6) is 0 Å². The van der Waals surface area contributed by atoms with Crippen molar-refractivity contribution in [3.8, 4) is 11.3 Å². The van der Waals surface area contributed by atoms with Crippen LogP contribution in [0, 0.1) is 0 Å². The van der Waals surface area contributed by atoms with Crippen molar-refractivity contribution >= 4 is 11.0 Å². The molecule has 3 heterocycles. The largest absolute Gasteiger partial charge is 0.329 e. The molecule has 3 aromatic rings. The maximum absolute atomic E-state index is 12.3. The second-order valence-electron chi connectivity index (χ2n) is 4.42. The highest BCUT2D eigenvalue weighted by Crippen LogP contribution is 2.22. The van der Waals surface area contributed by atoms with E-state index in [1.165, 1.54) is 7.05 Å². The van der Waals surface area contributed by atoms with Gasteiger partial charge < -0.3 is 0 Å². The maximum Gasteiger partial charge on any atom is 0.329 e. The maximum atomic E-state index is 12.3. The molecule has 0 saturated carbocycles. The SMILES string of the molecule is CCn1nc(-c2cccnc2)c2c(=O)n(C)c(=O)[nH]c21. The van der Waals surface area contributed by atoms with Crippen LogP contribution in [-0.4, -0.2) is 24.3 Å². The zero-order valence-corrected chi connectivity index (χ0v) is 11.1. The van der Waals surface area contributed by atoms with Crippen molar-refractivity contribution in [2.24, 2.45) is 7.05 Å². The number of fused-ring (bicyclic) bond motifs is 1. The summed E-state index contributed by atoms with van der Waals surface area (Å²) in [5, 5.41) is 4.82. The molecule has 0 bridgehead atoms. The van der Waals surface area contributed by atoms with Crippen molar-refractivity contribution in [1.29, 1.82) is 0 Å². The van der Waals surface area contributed by atoms with Gasteiger partial charge in [-0.2, -0.15) is 5.10 Å². The zero-order valence-electron chi connectivity index (χ0n) is 11.1. The van der Waals surface area contributed by atoms with Crippen LogP contribution in [0.4, 0.5) is 0 Å². The summed E-state index contributed by atoms with van der Waals surface area (Å²) in [4.78, 5) is 30.8. The van der Waals surface area contributed by atoms with Crippen molar-refractivity contribution in [2.75, 3.05) is 0 Å². The lowest BCUT2D eigenvalue weighted by Gasteiger charge is -1.99. The second-order valence-corrected chi connectivity index (χ2v) is 4.42. The summed E-state index contributed by atoms with van der Waals surface area (Å²) >= 11 is 0. The number of nitrogens with zero attached hydrogens (tertiary/aromatic N) is 4. The Balaban J connectivity index is 2.49. The van der Waals surface area contributed by atoms with Crippen molar-refractivity contribution in [2.45, 2.75) is 13.5 Å². The van der Waals surface area contributed by atoms with Gasteiger partial charge in [-0.25, -0.2) is 9.48 Å². The summed E-state index contributed by atoms with van der Waals surface area (Å²) in [5.74, 6) is 0. The van der Waals surface area contributed by atoms with E-state index < -0.39 is 5.69 Å². The van der Waals surface area contributed by atoms with Crippen LogP contribution in [0.25, 0.3) is 22.3 Å². The number of nitrogens with one attached hydrogen (secondary N) is 1. The van der Waals surface area contributed by atoms with Gasteiger partial charge in [0.05, 0.1) is 0 Å². The lowest BCUT2D eigenvalue weighted by molar-refractivity contribution is 0.673.